The van der Waals surface area contributed by atoms with E-state index >= 15 is 0 Å². The van der Waals surface area contributed by atoms with E-state index in [1.807, 2.05) is 23.1 Å². The Hall–Kier alpha value is -3.12. The third-order valence-corrected chi connectivity index (χ3v) is 6.34. The van der Waals surface area contributed by atoms with E-state index in [0.717, 1.165) is 22.5 Å². The van der Waals surface area contributed by atoms with Gasteiger partial charge in [-0.25, -0.2) is 9.18 Å². The topological polar surface area (TPSA) is 69.2 Å². The van der Waals surface area contributed by atoms with Crippen molar-refractivity contribution >= 4 is 17.6 Å². The first-order chi connectivity index (χ1) is 17.7. The molecule has 2 aromatic carbocycles. The molecule has 206 valence electrons. The van der Waals surface area contributed by atoms with Crippen LogP contribution in [0.4, 0.5) is 30.7 Å². The number of carboxylic acids is 1. The van der Waals surface area contributed by atoms with Gasteiger partial charge in [-0.1, -0.05) is 35.9 Å². The molecule has 0 bridgehead atoms. The molecule has 1 fully saturated rings. The van der Waals surface area contributed by atoms with Crippen molar-refractivity contribution in [2.45, 2.75) is 37.0 Å². The van der Waals surface area contributed by atoms with Crippen LogP contribution in [0.5, 0.6) is 0 Å². The summed E-state index contributed by atoms with van der Waals surface area (Å²) in [6.07, 6.45) is -9.42. The van der Waals surface area contributed by atoms with Crippen LogP contribution in [0, 0.1) is 5.82 Å². The van der Waals surface area contributed by atoms with E-state index in [0.29, 0.717) is 24.5 Å². The highest BCUT2D eigenvalue weighted by molar-refractivity contribution is 6.30. The molecule has 3 aromatic rings. The van der Waals surface area contributed by atoms with Crippen LogP contribution in [0.25, 0.3) is 11.3 Å². The molecule has 1 aliphatic rings. The first-order valence-electron chi connectivity index (χ1n) is 11.4. The van der Waals surface area contributed by atoms with E-state index in [9.17, 15) is 30.7 Å². The number of halogens is 8. The molecule has 13 heteroatoms. The van der Waals surface area contributed by atoms with Gasteiger partial charge in [0.25, 0.3) is 0 Å². The Balaban J connectivity index is 0.000000505. The second-order valence-corrected chi connectivity index (χ2v) is 9.17. The predicted molar refractivity (Wildman–Crippen MR) is 126 cm³/mol. The van der Waals surface area contributed by atoms with Gasteiger partial charge in [-0.2, -0.15) is 31.4 Å². The van der Waals surface area contributed by atoms with Crippen molar-refractivity contribution in [3.63, 3.8) is 0 Å². The molecule has 0 saturated carbocycles. The molecule has 2 N–H and O–H groups in total. The highest BCUT2D eigenvalue weighted by Gasteiger charge is 2.38. The molecule has 4 rings (SSSR count). The van der Waals surface area contributed by atoms with E-state index in [4.69, 9.17) is 21.5 Å². The summed E-state index contributed by atoms with van der Waals surface area (Å²) >= 11 is 5.96. The summed E-state index contributed by atoms with van der Waals surface area (Å²) in [5.41, 5.74) is 3.54. The number of rotatable bonds is 5. The lowest BCUT2D eigenvalue weighted by molar-refractivity contribution is -0.192. The highest BCUT2D eigenvalue weighted by Crippen LogP contribution is 2.40. The summed E-state index contributed by atoms with van der Waals surface area (Å²) in [6, 6.07) is 15.6. The van der Waals surface area contributed by atoms with Crippen molar-refractivity contribution in [3.8, 4) is 11.3 Å². The maximum Gasteiger partial charge on any atom is 0.490 e. The van der Waals surface area contributed by atoms with Crippen LogP contribution in [0.1, 0.15) is 35.9 Å². The lowest BCUT2D eigenvalue weighted by Crippen LogP contribution is -2.40. The quantitative estimate of drug-likeness (QED) is 0.326. The van der Waals surface area contributed by atoms with E-state index in [1.165, 1.54) is 12.1 Å². The Morgan fingerprint density at radius 3 is 2.18 bits per heavy atom. The molecule has 0 spiro atoms. The lowest BCUT2D eigenvalue weighted by atomic mass is 9.78. The van der Waals surface area contributed by atoms with Crippen LogP contribution in [0.2, 0.25) is 5.02 Å². The summed E-state index contributed by atoms with van der Waals surface area (Å²) in [4.78, 5) is 10.7. The van der Waals surface area contributed by atoms with Crippen molar-refractivity contribution < 1.29 is 40.6 Å². The number of carbonyl (C=O) groups is 1. The zero-order valence-corrected chi connectivity index (χ0v) is 20.4. The normalized spacial score (nSPS) is 18.5. The molecule has 38 heavy (non-hydrogen) atoms. The highest BCUT2D eigenvalue weighted by atomic mass is 35.5. The number of carboxylic acid groups (broad SMARTS) is 1. The van der Waals surface area contributed by atoms with Gasteiger partial charge in [-0.3, -0.25) is 5.10 Å². The number of H-pyrrole nitrogens is 1. The SMILES string of the molecule is Fc1ccc([C@@H]2CN(CCC(F)(F)F)CC[C@H]2c2cc(-c3ccc(Cl)cc3)n[nH]2)cc1.O=C(O)C(F)(F)F. The van der Waals surface area contributed by atoms with Crippen molar-refractivity contribution in [1.29, 1.82) is 0 Å². The standard InChI is InChI=1S/C23H22ClF4N3.C2HF3O2/c24-17-5-1-16(2-6-17)21-13-22(30-29-21)19-9-11-31(12-10-23(26,27)28)14-20(19)15-3-7-18(25)8-4-15;3-2(4,5)1(6)7/h1-8,13,19-20H,9-12,14H2,(H,29,30);(H,6,7)/t19-,20+;/m1./s1. The summed E-state index contributed by atoms with van der Waals surface area (Å²) in [6.45, 7) is 1.00. The molecule has 0 radical (unpaired) electrons. The van der Waals surface area contributed by atoms with E-state index in [2.05, 4.69) is 10.2 Å². The Bertz CT molecular complexity index is 1200. The minimum absolute atomic E-state index is 0.0348. The first-order valence-corrected chi connectivity index (χ1v) is 11.8. The minimum Gasteiger partial charge on any atom is -0.475 e. The average molecular weight is 566 g/mol. The van der Waals surface area contributed by atoms with Gasteiger partial charge in [0.05, 0.1) is 12.1 Å². The summed E-state index contributed by atoms with van der Waals surface area (Å²) in [5.74, 6) is -3.12. The molecule has 2 heterocycles. The van der Waals surface area contributed by atoms with Gasteiger partial charge >= 0.3 is 18.3 Å². The minimum atomic E-state index is -5.08. The predicted octanol–water partition coefficient (Wildman–Crippen LogP) is 7.03. The number of hydrogen-bond donors (Lipinski definition) is 2. The second kappa shape index (κ2) is 12.2. The molecular weight excluding hydrogens is 543 g/mol. The smallest absolute Gasteiger partial charge is 0.475 e. The van der Waals surface area contributed by atoms with E-state index < -0.39 is 24.7 Å². The monoisotopic (exact) mass is 565 g/mol. The largest absolute Gasteiger partial charge is 0.490 e. The number of aromatic nitrogens is 2. The van der Waals surface area contributed by atoms with Gasteiger partial charge in [0, 0.05) is 41.2 Å². The zero-order chi connectivity index (χ0) is 28.1. The number of nitrogens with one attached hydrogen (secondary N) is 1. The van der Waals surface area contributed by atoms with Gasteiger partial charge < -0.3 is 10.0 Å². The zero-order valence-electron chi connectivity index (χ0n) is 19.7. The molecule has 1 aromatic heterocycles. The summed E-state index contributed by atoms with van der Waals surface area (Å²) in [5, 5.41) is 15.3. The van der Waals surface area contributed by atoms with Crippen LogP contribution < -0.4 is 0 Å². The number of hydrogen-bond acceptors (Lipinski definition) is 3. The van der Waals surface area contributed by atoms with Gasteiger partial charge in [0.2, 0.25) is 0 Å². The lowest BCUT2D eigenvalue weighted by Gasteiger charge is -2.38. The Morgan fingerprint density at radius 2 is 1.63 bits per heavy atom. The van der Waals surface area contributed by atoms with Gasteiger partial charge in [0.15, 0.2) is 0 Å². The maximum absolute atomic E-state index is 13.5. The number of nitrogens with zero attached hydrogens (tertiary/aromatic N) is 2. The van der Waals surface area contributed by atoms with Gasteiger partial charge in [0.1, 0.15) is 5.82 Å². The number of alkyl halides is 6. The van der Waals surface area contributed by atoms with Crippen LogP contribution in [-0.4, -0.2) is 58.2 Å². The van der Waals surface area contributed by atoms with Crippen LogP contribution >= 0.6 is 11.6 Å². The molecule has 2 atom stereocenters. The van der Waals surface area contributed by atoms with E-state index in [-0.39, 0.29) is 24.2 Å². The van der Waals surface area contributed by atoms with Crippen LogP contribution in [0.3, 0.4) is 0 Å². The Labute approximate surface area is 218 Å². The van der Waals surface area contributed by atoms with Gasteiger partial charge in [-0.15, -0.1) is 0 Å². The molecule has 1 saturated heterocycles. The number of piperidine rings is 1. The molecular formula is C25H23ClF7N3O2. The van der Waals surface area contributed by atoms with Crippen molar-refractivity contribution in [2.24, 2.45) is 0 Å². The molecule has 1 aliphatic heterocycles. The fraction of sp³-hybridized carbons (Fsp3) is 0.360. The molecule has 0 unspecified atom stereocenters. The van der Waals surface area contributed by atoms with Crippen molar-refractivity contribution in [2.75, 3.05) is 19.6 Å². The third kappa shape index (κ3) is 8.45. The number of likely N-dealkylation sites (tertiary alicyclic amines) is 1. The first kappa shape index (κ1) is 29.4. The van der Waals surface area contributed by atoms with Crippen LogP contribution in [-0.2, 0) is 4.79 Å². The summed E-state index contributed by atoms with van der Waals surface area (Å²) < 4.78 is 83.3. The number of aliphatic carboxylic acids is 1. The molecule has 5 nitrogen and oxygen atoms in total. The van der Waals surface area contributed by atoms with Crippen molar-refractivity contribution in [3.05, 3.63) is 76.7 Å². The maximum atomic E-state index is 13.5. The number of aromatic amines is 1. The third-order valence-electron chi connectivity index (χ3n) is 6.09. The van der Waals surface area contributed by atoms with Crippen LogP contribution in [0.15, 0.2) is 54.6 Å². The fourth-order valence-electron chi connectivity index (χ4n) is 4.22. The molecule has 0 amide bonds. The van der Waals surface area contributed by atoms with Gasteiger partial charge in [-0.05, 0) is 48.9 Å². The second-order valence-electron chi connectivity index (χ2n) is 8.74. The van der Waals surface area contributed by atoms with E-state index in [1.54, 1.807) is 24.3 Å². The number of benzene rings is 2. The fourth-order valence-corrected chi connectivity index (χ4v) is 4.35. The van der Waals surface area contributed by atoms with Crippen molar-refractivity contribution in [1.82, 2.24) is 15.1 Å². The molecule has 0 aliphatic carbocycles. The average Bonchev–Trinajstić information content (AvgIpc) is 3.33. The Morgan fingerprint density at radius 1 is 1.03 bits per heavy atom. The summed E-state index contributed by atoms with van der Waals surface area (Å²) in [7, 11) is 0. The Kier molecular flexibility index (Phi) is 9.42.